The molecule has 0 heterocycles. The number of Topliss-reactive ketones (excluding diaryl/α,β-unsaturated/α-hetero) is 2. The van der Waals surface area contributed by atoms with E-state index in [2.05, 4.69) is 0 Å². The van der Waals surface area contributed by atoms with Crippen LogP contribution in [0, 0.1) is 5.92 Å². The van der Waals surface area contributed by atoms with Crippen molar-refractivity contribution < 1.29 is 19.1 Å². The van der Waals surface area contributed by atoms with Gasteiger partial charge in [-0.25, -0.2) is 0 Å². The van der Waals surface area contributed by atoms with Gasteiger partial charge in [0.2, 0.25) is 0 Å². The Balaban J connectivity index is 2.37. The Hall–Kier alpha value is -2.75. The first kappa shape index (κ1) is 18.6. The van der Waals surface area contributed by atoms with Gasteiger partial charge in [-0.1, -0.05) is 60.7 Å². The molecule has 0 aliphatic heterocycles. The van der Waals surface area contributed by atoms with Crippen LogP contribution in [-0.4, -0.2) is 24.1 Å². The Morgan fingerprint density at radius 3 is 2.00 bits per heavy atom. The molecule has 0 amide bonds. The topological polar surface area (TPSA) is 60.4 Å². The summed E-state index contributed by atoms with van der Waals surface area (Å²) in [5.74, 6) is -2.52. The minimum atomic E-state index is -0.991. The molecule has 25 heavy (non-hydrogen) atoms. The van der Waals surface area contributed by atoms with Crippen molar-refractivity contribution in [2.24, 2.45) is 5.92 Å². The molecule has 0 aliphatic carbocycles. The molecule has 0 saturated heterocycles. The van der Waals surface area contributed by atoms with E-state index in [-0.39, 0.29) is 24.6 Å². The molecule has 0 unspecified atom stereocenters. The molecule has 4 nitrogen and oxygen atoms in total. The molecule has 0 aromatic heterocycles. The van der Waals surface area contributed by atoms with Gasteiger partial charge in [0.15, 0.2) is 5.78 Å². The minimum Gasteiger partial charge on any atom is -0.465 e. The molecule has 0 saturated carbocycles. The van der Waals surface area contributed by atoms with Gasteiger partial charge in [0.1, 0.15) is 11.7 Å². The fourth-order valence-corrected chi connectivity index (χ4v) is 2.92. The van der Waals surface area contributed by atoms with Crippen molar-refractivity contribution in [1.29, 1.82) is 0 Å². The van der Waals surface area contributed by atoms with Gasteiger partial charge in [-0.3, -0.25) is 14.4 Å². The Morgan fingerprint density at radius 2 is 1.48 bits per heavy atom. The predicted octanol–water partition coefficient (Wildman–Crippen LogP) is 3.81. The maximum absolute atomic E-state index is 12.7. The molecular formula is C21H22O4. The Kier molecular flexibility index (Phi) is 6.63. The Labute approximate surface area is 147 Å². The van der Waals surface area contributed by atoms with E-state index in [0.717, 1.165) is 5.56 Å². The Morgan fingerprint density at radius 1 is 0.920 bits per heavy atom. The van der Waals surface area contributed by atoms with E-state index in [4.69, 9.17) is 4.74 Å². The molecule has 2 rings (SSSR count). The Bertz CT molecular complexity index is 722. The van der Waals surface area contributed by atoms with E-state index >= 15 is 0 Å². The van der Waals surface area contributed by atoms with Crippen LogP contribution in [0.5, 0.6) is 0 Å². The van der Waals surface area contributed by atoms with Crippen LogP contribution in [0.4, 0.5) is 0 Å². The average Bonchev–Trinajstić information content (AvgIpc) is 2.62. The van der Waals surface area contributed by atoms with Gasteiger partial charge in [0.25, 0.3) is 0 Å². The summed E-state index contributed by atoms with van der Waals surface area (Å²) >= 11 is 0. The van der Waals surface area contributed by atoms with Crippen LogP contribution >= 0.6 is 0 Å². The molecule has 0 fully saturated rings. The summed E-state index contributed by atoms with van der Waals surface area (Å²) in [4.78, 5) is 37.2. The van der Waals surface area contributed by atoms with Crippen LogP contribution in [0.1, 0.15) is 42.1 Å². The third-order valence-electron chi connectivity index (χ3n) is 4.11. The lowest BCUT2D eigenvalue weighted by molar-refractivity contribution is -0.152. The van der Waals surface area contributed by atoms with Gasteiger partial charge in [0, 0.05) is 17.9 Å². The summed E-state index contributed by atoms with van der Waals surface area (Å²) in [5.41, 5.74) is 1.34. The fraction of sp³-hybridized carbons (Fsp3) is 0.286. The normalized spacial score (nSPS) is 12.9. The summed E-state index contributed by atoms with van der Waals surface area (Å²) in [6, 6.07) is 18.1. The summed E-state index contributed by atoms with van der Waals surface area (Å²) in [6.07, 6.45) is 0.0666. The maximum Gasteiger partial charge on any atom is 0.317 e. The van der Waals surface area contributed by atoms with Crippen molar-refractivity contribution in [3.63, 3.8) is 0 Å². The third kappa shape index (κ3) is 4.86. The van der Waals surface area contributed by atoms with E-state index in [1.807, 2.05) is 36.4 Å². The second-order valence-corrected chi connectivity index (χ2v) is 5.85. The van der Waals surface area contributed by atoms with Crippen LogP contribution in [0.25, 0.3) is 0 Å². The number of carbonyl (C=O) groups is 3. The second-order valence-electron chi connectivity index (χ2n) is 5.85. The minimum absolute atomic E-state index is 0.0666. The molecule has 0 radical (unpaired) electrons. The van der Waals surface area contributed by atoms with Gasteiger partial charge in [-0.05, 0) is 19.4 Å². The predicted molar refractivity (Wildman–Crippen MR) is 95.4 cm³/mol. The number of hydrogen-bond donors (Lipinski definition) is 0. The number of benzene rings is 2. The molecule has 2 aromatic rings. The first-order valence-electron chi connectivity index (χ1n) is 8.34. The van der Waals surface area contributed by atoms with E-state index in [1.165, 1.54) is 6.92 Å². The second kappa shape index (κ2) is 8.92. The molecule has 0 spiro atoms. The van der Waals surface area contributed by atoms with Gasteiger partial charge >= 0.3 is 5.97 Å². The number of carbonyl (C=O) groups excluding carboxylic acids is 3. The van der Waals surface area contributed by atoms with Crippen molar-refractivity contribution in [1.82, 2.24) is 0 Å². The number of ketones is 2. The summed E-state index contributed by atoms with van der Waals surface area (Å²) in [5, 5.41) is 0. The zero-order valence-corrected chi connectivity index (χ0v) is 14.5. The highest BCUT2D eigenvalue weighted by atomic mass is 16.5. The fourth-order valence-electron chi connectivity index (χ4n) is 2.92. The zero-order valence-electron chi connectivity index (χ0n) is 14.5. The largest absolute Gasteiger partial charge is 0.465 e. The molecule has 4 heteroatoms. The highest BCUT2D eigenvalue weighted by Gasteiger charge is 2.36. The van der Waals surface area contributed by atoms with Crippen molar-refractivity contribution in [3.8, 4) is 0 Å². The average molecular weight is 338 g/mol. The quantitative estimate of drug-likeness (QED) is 0.417. The lowest BCUT2D eigenvalue weighted by Crippen LogP contribution is -2.32. The van der Waals surface area contributed by atoms with Crippen LogP contribution in [0.15, 0.2) is 60.7 Å². The molecule has 0 bridgehead atoms. The number of ether oxygens (including phenoxy) is 1. The van der Waals surface area contributed by atoms with Crippen LogP contribution in [0.3, 0.4) is 0 Å². The van der Waals surface area contributed by atoms with Crippen LogP contribution in [0.2, 0.25) is 0 Å². The van der Waals surface area contributed by atoms with E-state index in [0.29, 0.717) is 5.56 Å². The van der Waals surface area contributed by atoms with Crippen LogP contribution < -0.4 is 0 Å². The molecule has 0 aliphatic rings. The summed E-state index contributed by atoms with van der Waals surface area (Å²) < 4.78 is 5.08. The van der Waals surface area contributed by atoms with Crippen molar-refractivity contribution in [3.05, 3.63) is 71.8 Å². The highest BCUT2D eigenvalue weighted by Crippen LogP contribution is 2.31. The number of rotatable bonds is 8. The van der Waals surface area contributed by atoms with Crippen molar-refractivity contribution >= 4 is 17.5 Å². The van der Waals surface area contributed by atoms with E-state index in [1.54, 1.807) is 31.2 Å². The molecule has 0 N–H and O–H groups in total. The van der Waals surface area contributed by atoms with Gasteiger partial charge in [-0.15, -0.1) is 0 Å². The van der Waals surface area contributed by atoms with Gasteiger partial charge < -0.3 is 4.74 Å². The standard InChI is InChI=1S/C21H22O4/c1-3-25-21(24)20(15(2)22)18(16-10-6-4-7-11-16)14-19(23)17-12-8-5-9-13-17/h4-13,18,20H,3,14H2,1-2H3/t18-,20-/m1/s1. The smallest absolute Gasteiger partial charge is 0.317 e. The monoisotopic (exact) mass is 338 g/mol. The van der Waals surface area contributed by atoms with E-state index < -0.39 is 17.8 Å². The molecule has 2 atom stereocenters. The van der Waals surface area contributed by atoms with Crippen LogP contribution in [-0.2, 0) is 14.3 Å². The summed E-state index contributed by atoms with van der Waals surface area (Å²) in [6.45, 7) is 3.25. The first-order valence-corrected chi connectivity index (χ1v) is 8.34. The van der Waals surface area contributed by atoms with Gasteiger partial charge in [-0.2, -0.15) is 0 Å². The first-order chi connectivity index (χ1) is 12.0. The lowest BCUT2D eigenvalue weighted by Gasteiger charge is -2.24. The van der Waals surface area contributed by atoms with E-state index in [9.17, 15) is 14.4 Å². The zero-order chi connectivity index (χ0) is 18.2. The van der Waals surface area contributed by atoms with Crippen molar-refractivity contribution in [2.45, 2.75) is 26.2 Å². The number of esters is 1. The van der Waals surface area contributed by atoms with Gasteiger partial charge in [0.05, 0.1) is 6.61 Å². The molecular weight excluding hydrogens is 316 g/mol. The SMILES string of the molecule is CCOC(=O)[C@H](C(C)=O)[C@H](CC(=O)c1ccccc1)c1ccccc1. The molecule has 130 valence electrons. The summed E-state index contributed by atoms with van der Waals surface area (Å²) in [7, 11) is 0. The molecule has 2 aromatic carbocycles. The van der Waals surface area contributed by atoms with Crippen molar-refractivity contribution in [2.75, 3.05) is 6.61 Å². The number of hydrogen-bond acceptors (Lipinski definition) is 4. The maximum atomic E-state index is 12.7. The lowest BCUT2D eigenvalue weighted by atomic mass is 9.79. The third-order valence-corrected chi connectivity index (χ3v) is 4.11. The highest BCUT2D eigenvalue weighted by molar-refractivity contribution is 6.01.